The molecule has 1 amide bonds. The highest BCUT2D eigenvalue weighted by Gasteiger charge is 2.24. The largest absolute Gasteiger partial charge is 0.494 e. The Balaban J connectivity index is 1.35. The number of anilines is 1. The number of ether oxygens (including phenoxy) is 2. The molecule has 0 aliphatic carbocycles. The fraction of sp³-hybridized carbons (Fsp3) is 0.400. The van der Waals surface area contributed by atoms with Gasteiger partial charge in [-0.05, 0) is 51.0 Å². The summed E-state index contributed by atoms with van der Waals surface area (Å²) in [5.41, 5.74) is 2.82. The topological polar surface area (TPSA) is 76.6 Å². The first kappa shape index (κ1) is 23.0. The minimum atomic E-state index is -0.403. The fourth-order valence-electron chi connectivity index (χ4n) is 3.94. The molecule has 0 atom stereocenters. The number of amides is 1. The molecule has 8 heteroatoms. The predicted octanol–water partition coefficient (Wildman–Crippen LogP) is 5.23. The molecule has 0 radical (unpaired) electrons. The maximum Gasteiger partial charge on any atom is 0.407 e. The second kappa shape index (κ2) is 11.1. The first-order chi connectivity index (χ1) is 16.2. The molecule has 0 saturated carbocycles. The van der Waals surface area contributed by atoms with E-state index in [4.69, 9.17) is 19.4 Å². The standard InChI is InChI=1S/C25H30N4O3S/c1-3-26-25(30)32-16-20-17-33-24(27-20)18-11-13-29(14-12-18)23-10-6-9-22(28-23)19-7-5-8-21(15-19)31-4-2/h5-10,15,17-18H,3-4,11-14,16H2,1-2H3,(H,26,30). The van der Waals surface area contributed by atoms with Gasteiger partial charge in [0.15, 0.2) is 0 Å². The average molecular weight is 467 g/mol. The average Bonchev–Trinajstić information content (AvgIpc) is 3.33. The van der Waals surface area contributed by atoms with E-state index in [1.807, 2.05) is 43.5 Å². The highest BCUT2D eigenvalue weighted by atomic mass is 32.1. The summed E-state index contributed by atoms with van der Waals surface area (Å²) < 4.78 is 10.8. The molecule has 0 bridgehead atoms. The van der Waals surface area contributed by atoms with E-state index in [0.717, 1.165) is 59.5 Å². The molecule has 0 unspecified atom stereocenters. The van der Waals surface area contributed by atoms with Crippen molar-refractivity contribution in [3.05, 3.63) is 58.5 Å². The molecule has 1 saturated heterocycles. The number of hydrogen-bond donors (Lipinski definition) is 1. The number of nitrogens with zero attached hydrogens (tertiary/aromatic N) is 3. The molecular formula is C25H30N4O3S. The van der Waals surface area contributed by atoms with E-state index >= 15 is 0 Å². The molecule has 1 aromatic carbocycles. The Hall–Kier alpha value is -3.13. The van der Waals surface area contributed by atoms with Gasteiger partial charge in [0.05, 0.1) is 23.0 Å². The third-order valence-electron chi connectivity index (χ3n) is 5.59. The molecule has 174 valence electrons. The van der Waals surface area contributed by atoms with Gasteiger partial charge in [0.1, 0.15) is 18.2 Å². The Bertz CT molecular complexity index is 1060. The highest BCUT2D eigenvalue weighted by Crippen LogP contribution is 2.32. The number of rotatable bonds is 8. The van der Waals surface area contributed by atoms with E-state index in [2.05, 4.69) is 28.4 Å². The number of thiazole rings is 1. The van der Waals surface area contributed by atoms with Crippen LogP contribution in [0.25, 0.3) is 11.3 Å². The summed E-state index contributed by atoms with van der Waals surface area (Å²) in [6, 6.07) is 14.3. The number of alkyl carbamates (subject to hydrolysis) is 1. The number of hydrogen-bond acceptors (Lipinski definition) is 7. The number of nitrogens with one attached hydrogen (secondary N) is 1. The first-order valence-corrected chi connectivity index (χ1v) is 12.3. The van der Waals surface area contributed by atoms with Crippen LogP contribution in [0.3, 0.4) is 0 Å². The number of carbonyl (C=O) groups is 1. The third kappa shape index (κ3) is 6.01. The van der Waals surface area contributed by atoms with Gasteiger partial charge in [-0.25, -0.2) is 14.8 Å². The van der Waals surface area contributed by atoms with Crippen LogP contribution in [-0.4, -0.2) is 42.3 Å². The smallest absolute Gasteiger partial charge is 0.407 e. The van der Waals surface area contributed by atoms with Gasteiger partial charge in [0.25, 0.3) is 0 Å². The summed E-state index contributed by atoms with van der Waals surface area (Å²) in [7, 11) is 0. The van der Waals surface area contributed by atoms with Gasteiger partial charge in [-0.15, -0.1) is 11.3 Å². The van der Waals surface area contributed by atoms with Crippen molar-refractivity contribution < 1.29 is 14.3 Å². The number of benzene rings is 1. The van der Waals surface area contributed by atoms with Crippen LogP contribution in [0.1, 0.15) is 43.3 Å². The molecule has 1 aliphatic rings. The molecule has 1 N–H and O–H groups in total. The van der Waals surface area contributed by atoms with E-state index in [-0.39, 0.29) is 6.61 Å². The van der Waals surface area contributed by atoms with Crippen molar-refractivity contribution in [2.75, 3.05) is 31.1 Å². The first-order valence-electron chi connectivity index (χ1n) is 11.5. The molecule has 7 nitrogen and oxygen atoms in total. The van der Waals surface area contributed by atoms with Gasteiger partial charge in [0.2, 0.25) is 0 Å². The van der Waals surface area contributed by atoms with E-state index in [0.29, 0.717) is 19.1 Å². The van der Waals surface area contributed by atoms with E-state index in [1.54, 1.807) is 11.3 Å². The molecular weight excluding hydrogens is 436 g/mol. The van der Waals surface area contributed by atoms with E-state index < -0.39 is 6.09 Å². The monoisotopic (exact) mass is 466 g/mol. The number of aromatic nitrogens is 2. The van der Waals surface area contributed by atoms with Crippen molar-refractivity contribution in [1.82, 2.24) is 15.3 Å². The third-order valence-corrected chi connectivity index (χ3v) is 6.64. The Kier molecular flexibility index (Phi) is 7.78. The van der Waals surface area contributed by atoms with Crippen LogP contribution in [-0.2, 0) is 11.3 Å². The predicted molar refractivity (Wildman–Crippen MR) is 131 cm³/mol. The van der Waals surface area contributed by atoms with Gasteiger partial charge in [-0.2, -0.15) is 0 Å². The van der Waals surface area contributed by atoms with Crippen molar-refractivity contribution in [3.8, 4) is 17.0 Å². The van der Waals surface area contributed by atoms with Crippen LogP contribution in [0, 0.1) is 0 Å². The number of carbonyl (C=O) groups excluding carboxylic acids is 1. The maximum absolute atomic E-state index is 11.5. The number of piperidine rings is 1. The molecule has 33 heavy (non-hydrogen) atoms. The summed E-state index contributed by atoms with van der Waals surface area (Å²) in [5, 5.41) is 5.74. The minimum absolute atomic E-state index is 0.211. The summed E-state index contributed by atoms with van der Waals surface area (Å²) in [6.45, 7) is 7.13. The van der Waals surface area contributed by atoms with E-state index in [1.165, 1.54) is 0 Å². The van der Waals surface area contributed by atoms with E-state index in [9.17, 15) is 4.79 Å². The quantitative estimate of drug-likeness (QED) is 0.490. The molecule has 0 spiro atoms. The highest BCUT2D eigenvalue weighted by molar-refractivity contribution is 7.09. The van der Waals surface area contributed by atoms with Gasteiger partial charge in [-0.1, -0.05) is 18.2 Å². The summed E-state index contributed by atoms with van der Waals surface area (Å²) in [4.78, 5) is 23.5. The zero-order chi connectivity index (χ0) is 23.0. The molecule has 3 aromatic rings. The molecule has 3 heterocycles. The molecule has 2 aromatic heterocycles. The lowest BCUT2D eigenvalue weighted by Crippen LogP contribution is -2.33. The fourth-order valence-corrected chi connectivity index (χ4v) is 4.91. The van der Waals surface area contributed by atoms with Gasteiger partial charge >= 0.3 is 6.09 Å². The van der Waals surface area contributed by atoms with Crippen LogP contribution in [0.2, 0.25) is 0 Å². The SMILES string of the molecule is CCNC(=O)OCc1csc(C2CCN(c3cccc(-c4cccc(OCC)c4)n3)CC2)n1. The van der Waals surface area contributed by atoms with Crippen molar-refractivity contribution in [1.29, 1.82) is 0 Å². The lowest BCUT2D eigenvalue weighted by molar-refractivity contribution is 0.139. The lowest BCUT2D eigenvalue weighted by atomic mass is 9.97. The minimum Gasteiger partial charge on any atom is -0.494 e. The lowest BCUT2D eigenvalue weighted by Gasteiger charge is -2.32. The molecule has 1 aliphatic heterocycles. The maximum atomic E-state index is 11.5. The zero-order valence-corrected chi connectivity index (χ0v) is 19.9. The Morgan fingerprint density at radius 1 is 1.15 bits per heavy atom. The normalized spacial score (nSPS) is 14.2. The van der Waals surface area contributed by atoms with Crippen molar-refractivity contribution in [2.24, 2.45) is 0 Å². The van der Waals surface area contributed by atoms with Crippen LogP contribution < -0.4 is 15.0 Å². The Labute approximate surface area is 198 Å². The van der Waals surface area contributed by atoms with Crippen molar-refractivity contribution >= 4 is 23.2 Å². The summed E-state index contributed by atoms with van der Waals surface area (Å²) in [5.74, 6) is 2.29. The Morgan fingerprint density at radius 3 is 2.76 bits per heavy atom. The summed E-state index contributed by atoms with van der Waals surface area (Å²) >= 11 is 1.65. The Morgan fingerprint density at radius 2 is 1.97 bits per heavy atom. The summed E-state index contributed by atoms with van der Waals surface area (Å²) in [6.07, 6.45) is 1.64. The second-order valence-electron chi connectivity index (χ2n) is 7.89. The van der Waals surface area contributed by atoms with Crippen LogP contribution in [0.15, 0.2) is 47.8 Å². The molecule has 4 rings (SSSR count). The van der Waals surface area contributed by atoms with Crippen molar-refractivity contribution in [3.63, 3.8) is 0 Å². The van der Waals surface area contributed by atoms with Crippen LogP contribution in [0.4, 0.5) is 10.6 Å². The van der Waals surface area contributed by atoms with Crippen LogP contribution >= 0.6 is 11.3 Å². The van der Waals surface area contributed by atoms with Crippen molar-refractivity contribution in [2.45, 2.75) is 39.2 Å². The zero-order valence-electron chi connectivity index (χ0n) is 19.1. The second-order valence-corrected chi connectivity index (χ2v) is 8.78. The number of pyridine rings is 1. The van der Waals surface area contributed by atoms with Gasteiger partial charge in [-0.3, -0.25) is 0 Å². The van der Waals surface area contributed by atoms with Crippen LogP contribution in [0.5, 0.6) is 5.75 Å². The van der Waals surface area contributed by atoms with Gasteiger partial charge in [0, 0.05) is 36.5 Å². The molecule has 1 fully saturated rings. The van der Waals surface area contributed by atoms with Gasteiger partial charge < -0.3 is 19.7 Å².